The van der Waals surface area contributed by atoms with Crippen molar-refractivity contribution >= 4 is 17.7 Å². The van der Waals surface area contributed by atoms with Crippen LogP contribution in [0.3, 0.4) is 0 Å². The quantitative estimate of drug-likeness (QED) is 0.169. The maximum atomic E-state index is 13.1. The summed E-state index contributed by atoms with van der Waals surface area (Å²) in [5.74, 6) is -1.52. The van der Waals surface area contributed by atoms with Crippen molar-refractivity contribution in [2.75, 3.05) is 6.54 Å². The molecule has 33 heavy (non-hydrogen) atoms. The SMILES string of the molecule is CCCCCCCCC1(C(=O)CN)C(C)CC1(CCCCCCCCCCC(=O)O)C(=O)O. The topological polar surface area (TPSA) is 118 Å². The summed E-state index contributed by atoms with van der Waals surface area (Å²) in [7, 11) is 0. The maximum Gasteiger partial charge on any atom is 0.310 e. The number of hydrogen-bond donors (Lipinski definition) is 3. The lowest BCUT2D eigenvalue weighted by molar-refractivity contribution is -0.199. The standard InChI is InChI=1S/C27H49NO5/c1-3-4-5-6-13-16-19-27(23(29)21-28)22(2)20-26(27,25(32)33)18-15-12-10-8-7-9-11-14-17-24(30)31/h22H,3-21,28H2,1-2H3,(H,30,31)(H,32,33). The third-order valence-corrected chi connectivity index (χ3v) is 8.11. The lowest BCUT2D eigenvalue weighted by atomic mass is 9.40. The van der Waals surface area contributed by atoms with Gasteiger partial charge >= 0.3 is 11.9 Å². The van der Waals surface area contributed by atoms with Gasteiger partial charge in [0.2, 0.25) is 0 Å². The summed E-state index contributed by atoms with van der Waals surface area (Å²) in [6.07, 6.45) is 16.5. The summed E-state index contributed by atoms with van der Waals surface area (Å²) in [6, 6.07) is 0. The second-order valence-corrected chi connectivity index (χ2v) is 10.3. The number of aliphatic carboxylic acids is 2. The Morgan fingerprint density at radius 3 is 1.73 bits per heavy atom. The van der Waals surface area contributed by atoms with Gasteiger partial charge in [-0.05, 0) is 31.6 Å². The highest BCUT2D eigenvalue weighted by molar-refractivity contribution is 5.95. The van der Waals surface area contributed by atoms with E-state index in [9.17, 15) is 19.5 Å². The van der Waals surface area contributed by atoms with E-state index in [0.717, 1.165) is 70.6 Å². The molecule has 1 rings (SSSR count). The fourth-order valence-electron chi connectivity index (χ4n) is 6.23. The monoisotopic (exact) mass is 467 g/mol. The van der Waals surface area contributed by atoms with Crippen LogP contribution in [0.25, 0.3) is 0 Å². The van der Waals surface area contributed by atoms with Gasteiger partial charge in [-0.3, -0.25) is 14.4 Å². The number of ketones is 1. The van der Waals surface area contributed by atoms with Crippen LogP contribution in [-0.2, 0) is 14.4 Å². The Kier molecular flexibility index (Phi) is 13.9. The first-order chi connectivity index (χ1) is 15.8. The Morgan fingerprint density at radius 2 is 1.27 bits per heavy atom. The zero-order valence-electron chi connectivity index (χ0n) is 21.2. The zero-order chi connectivity index (χ0) is 24.7. The van der Waals surface area contributed by atoms with Crippen molar-refractivity contribution in [1.82, 2.24) is 0 Å². The van der Waals surface area contributed by atoms with Crippen LogP contribution in [0.5, 0.6) is 0 Å². The van der Waals surface area contributed by atoms with Gasteiger partial charge in [0.25, 0.3) is 0 Å². The van der Waals surface area contributed by atoms with Crippen molar-refractivity contribution in [1.29, 1.82) is 0 Å². The molecule has 0 aromatic rings. The van der Waals surface area contributed by atoms with E-state index in [1.54, 1.807) is 0 Å². The minimum Gasteiger partial charge on any atom is -0.481 e. The highest BCUT2D eigenvalue weighted by Crippen LogP contribution is 2.66. The first-order valence-electron chi connectivity index (χ1n) is 13.5. The van der Waals surface area contributed by atoms with Gasteiger partial charge in [0, 0.05) is 11.8 Å². The number of hydrogen-bond acceptors (Lipinski definition) is 4. The zero-order valence-corrected chi connectivity index (χ0v) is 21.2. The number of Topliss-reactive ketones (excluding diaryl/α,β-unsaturated/α-hetero) is 1. The fourth-order valence-corrected chi connectivity index (χ4v) is 6.23. The molecular weight excluding hydrogens is 418 g/mol. The van der Waals surface area contributed by atoms with Gasteiger partial charge in [-0.2, -0.15) is 0 Å². The van der Waals surface area contributed by atoms with Gasteiger partial charge in [0.1, 0.15) is 0 Å². The molecule has 1 aliphatic carbocycles. The third-order valence-electron chi connectivity index (χ3n) is 8.11. The molecule has 3 atom stereocenters. The Hall–Kier alpha value is -1.43. The normalized spacial score (nSPS) is 24.4. The summed E-state index contributed by atoms with van der Waals surface area (Å²) >= 11 is 0. The molecule has 1 aliphatic rings. The highest BCUT2D eigenvalue weighted by atomic mass is 16.4. The molecule has 0 radical (unpaired) electrons. The van der Waals surface area contributed by atoms with Gasteiger partial charge in [-0.25, -0.2) is 0 Å². The average molecular weight is 468 g/mol. The summed E-state index contributed by atoms with van der Waals surface area (Å²) in [5, 5.41) is 18.9. The largest absolute Gasteiger partial charge is 0.481 e. The Balaban J connectivity index is 2.57. The number of rotatable bonds is 21. The molecule has 0 bridgehead atoms. The summed E-state index contributed by atoms with van der Waals surface area (Å²) in [4.78, 5) is 36.2. The Labute approximate surface area is 201 Å². The molecule has 6 nitrogen and oxygen atoms in total. The smallest absolute Gasteiger partial charge is 0.310 e. The summed E-state index contributed by atoms with van der Waals surface area (Å²) < 4.78 is 0. The third kappa shape index (κ3) is 8.08. The molecule has 192 valence electrons. The fraction of sp³-hybridized carbons (Fsp3) is 0.889. The molecule has 0 spiro atoms. The van der Waals surface area contributed by atoms with E-state index in [2.05, 4.69) is 6.92 Å². The van der Waals surface area contributed by atoms with Crippen molar-refractivity contribution in [2.24, 2.45) is 22.5 Å². The molecule has 0 aromatic carbocycles. The van der Waals surface area contributed by atoms with Gasteiger partial charge in [0.15, 0.2) is 5.78 Å². The van der Waals surface area contributed by atoms with Gasteiger partial charge in [-0.15, -0.1) is 0 Å². The molecule has 0 amide bonds. The van der Waals surface area contributed by atoms with E-state index in [1.807, 2.05) is 6.92 Å². The number of unbranched alkanes of at least 4 members (excludes halogenated alkanes) is 12. The number of nitrogens with two attached hydrogens (primary N) is 1. The predicted molar refractivity (Wildman–Crippen MR) is 132 cm³/mol. The number of carboxylic acids is 2. The van der Waals surface area contributed by atoms with E-state index in [4.69, 9.17) is 10.8 Å². The van der Waals surface area contributed by atoms with Crippen LogP contribution in [0.4, 0.5) is 0 Å². The van der Waals surface area contributed by atoms with E-state index in [1.165, 1.54) is 19.3 Å². The first-order valence-corrected chi connectivity index (χ1v) is 13.5. The van der Waals surface area contributed by atoms with Crippen LogP contribution in [0.1, 0.15) is 129 Å². The lowest BCUT2D eigenvalue weighted by Crippen LogP contribution is -2.66. The van der Waals surface area contributed by atoms with Crippen LogP contribution in [0, 0.1) is 16.7 Å². The summed E-state index contributed by atoms with van der Waals surface area (Å²) in [6.45, 7) is 4.15. The number of carbonyl (C=O) groups excluding carboxylic acids is 1. The van der Waals surface area contributed by atoms with Crippen molar-refractivity contribution in [3.63, 3.8) is 0 Å². The van der Waals surface area contributed by atoms with Crippen LogP contribution in [0.15, 0.2) is 0 Å². The van der Waals surface area contributed by atoms with Crippen molar-refractivity contribution < 1.29 is 24.6 Å². The van der Waals surface area contributed by atoms with E-state index < -0.39 is 22.8 Å². The molecule has 1 fully saturated rings. The second kappa shape index (κ2) is 15.5. The molecule has 0 saturated heterocycles. The van der Waals surface area contributed by atoms with Crippen molar-refractivity contribution in [2.45, 2.75) is 129 Å². The molecule has 0 aliphatic heterocycles. The molecule has 6 heteroatoms. The van der Waals surface area contributed by atoms with Crippen molar-refractivity contribution in [3.05, 3.63) is 0 Å². The van der Waals surface area contributed by atoms with Crippen LogP contribution in [-0.4, -0.2) is 34.5 Å². The highest BCUT2D eigenvalue weighted by Gasteiger charge is 2.69. The lowest BCUT2D eigenvalue weighted by Gasteiger charge is -2.61. The predicted octanol–water partition coefficient (Wildman–Crippen LogP) is 6.35. The molecule has 0 aromatic heterocycles. The Morgan fingerprint density at radius 1 is 0.788 bits per heavy atom. The van der Waals surface area contributed by atoms with Crippen LogP contribution >= 0.6 is 0 Å². The molecule has 0 heterocycles. The first kappa shape index (κ1) is 29.6. The summed E-state index contributed by atoms with van der Waals surface area (Å²) in [5.41, 5.74) is 4.05. The van der Waals surface area contributed by atoms with E-state index >= 15 is 0 Å². The molecule has 4 N–H and O–H groups in total. The van der Waals surface area contributed by atoms with E-state index in [0.29, 0.717) is 19.3 Å². The van der Waals surface area contributed by atoms with E-state index in [-0.39, 0.29) is 24.7 Å². The Bertz CT molecular complexity index is 607. The second-order valence-electron chi connectivity index (χ2n) is 10.3. The van der Waals surface area contributed by atoms with Crippen LogP contribution in [0.2, 0.25) is 0 Å². The maximum absolute atomic E-state index is 13.1. The molecule has 1 saturated carbocycles. The van der Waals surface area contributed by atoms with Gasteiger partial charge in [-0.1, -0.05) is 97.3 Å². The number of carboxylic acid groups (broad SMARTS) is 2. The molecular formula is C27H49NO5. The minimum atomic E-state index is -0.955. The average Bonchev–Trinajstić information content (AvgIpc) is 2.77. The minimum absolute atomic E-state index is 0.0569. The van der Waals surface area contributed by atoms with Gasteiger partial charge in [0.05, 0.1) is 12.0 Å². The molecule has 3 unspecified atom stereocenters. The van der Waals surface area contributed by atoms with Crippen LogP contribution < -0.4 is 5.73 Å². The van der Waals surface area contributed by atoms with Gasteiger partial charge < -0.3 is 15.9 Å². The number of carbonyl (C=O) groups is 3. The van der Waals surface area contributed by atoms with Crippen molar-refractivity contribution in [3.8, 4) is 0 Å².